The fourth-order valence-corrected chi connectivity index (χ4v) is 3.41. The Morgan fingerprint density at radius 3 is 2.70 bits per heavy atom. The molecule has 0 unspecified atom stereocenters. The van der Waals surface area contributed by atoms with Crippen molar-refractivity contribution in [1.82, 2.24) is 10.3 Å². The molecule has 0 radical (unpaired) electrons. The highest BCUT2D eigenvalue weighted by Gasteiger charge is 2.13. The fourth-order valence-electron chi connectivity index (χ4n) is 1.78. The van der Waals surface area contributed by atoms with Crippen LogP contribution in [0.2, 0.25) is 0 Å². The van der Waals surface area contributed by atoms with Gasteiger partial charge in [-0.25, -0.2) is 4.98 Å². The molecule has 0 aliphatic carbocycles. The number of hydrogen-bond donors (Lipinski definition) is 1. The molecule has 0 amide bonds. The molecule has 5 heteroatoms. The highest BCUT2D eigenvalue weighted by molar-refractivity contribution is 7.15. The zero-order valence-corrected chi connectivity index (χ0v) is 14.3. The highest BCUT2D eigenvalue weighted by atomic mass is 32.1. The molecule has 3 nitrogen and oxygen atoms in total. The number of thiazole rings is 1. The van der Waals surface area contributed by atoms with Gasteiger partial charge in [0.05, 0.1) is 6.54 Å². The Kier molecular flexibility index (Phi) is 5.18. The Hall–Kier alpha value is -0.910. The summed E-state index contributed by atoms with van der Waals surface area (Å²) in [5.74, 6) is 0. The molecule has 0 aromatic carbocycles. The van der Waals surface area contributed by atoms with Crippen LogP contribution in [0.15, 0.2) is 23.7 Å². The van der Waals surface area contributed by atoms with E-state index in [1.54, 1.807) is 22.7 Å². The molecule has 0 aliphatic heterocycles. The maximum absolute atomic E-state index is 4.58. The minimum atomic E-state index is 0.144. The van der Waals surface area contributed by atoms with Gasteiger partial charge in [0.25, 0.3) is 0 Å². The SMILES string of the molecule is CCN(Cc1cccs1)c1ncc(CNC(C)(C)C)s1. The van der Waals surface area contributed by atoms with E-state index in [0.29, 0.717) is 0 Å². The average Bonchev–Trinajstić information content (AvgIpc) is 3.04. The first kappa shape index (κ1) is 15.5. The molecule has 2 aromatic rings. The summed E-state index contributed by atoms with van der Waals surface area (Å²) in [6.07, 6.45) is 2.00. The smallest absolute Gasteiger partial charge is 0.185 e. The van der Waals surface area contributed by atoms with Crippen molar-refractivity contribution < 1.29 is 0 Å². The number of rotatable bonds is 6. The molecule has 1 N–H and O–H groups in total. The van der Waals surface area contributed by atoms with E-state index in [2.05, 4.69) is 60.4 Å². The number of nitrogens with one attached hydrogen (secondary N) is 1. The van der Waals surface area contributed by atoms with Crippen LogP contribution < -0.4 is 10.2 Å². The summed E-state index contributed by atoms with van der Waals surface area (Å²) in [5, 5.41) is 6.75. The van der Waals surface area contributed by atoms with Crippen LogP contribution in [0.4, 0.5) is 5.13 Å². The lowest BCUT2D eigenvalue weighted by Gasteiger charge is -2.20. The molecule has 0 bridgehead atoms. The van der Waals surface area contributed by atoms with Crippen molar-refractivity contribution in [3.05, 3.63) is 33.5 Å². The largest absolute Gasteiger partial charge is 0.343 e. The van der Waals surface area contributed by atoms with Gasteiger partial charge in [0.2, 0.25) is 0 Å². The second kappa shape index (κ2) is 6.70. The van der Waals surface area contributed by atoms with Crippen molar-refractivity contribution >= 4 is 27.8 Å². The number of hydrogen-bond acceptors (Lipinski definition) is 5. The number of nitrogens with zero attached hydrogens (tertiary/aromatic N) is 2. The molecular formula is C15H23N3S2. The Bertz CT molecular complexity index is 511. The molecule has 2 rings (SSSR count). The van der Waals surface area contributed by atoms with Crippen molar-refractivity contribution in [3.8, 4) is 0 Å². The van der Waals surface area contributed by atoms with Crippen LogP contribution in [0, 0.1) is 0 Å². The zero-order chi connectivity index (χ0) is 14.6. The summed E-state index contributed by atoms with van der Waals surface area (Å²) in [7, 11) is 0. The second-order valence-electron chi connectivity index (χ2n) is 5.81. The van der Waals surface area contributed by atoms with Crippen LogP contribution in [-0.2, 0) is 13.1 Å². The third kappa shape index (κ3) is 4.58. The van der Waals surface area contributed by atoms with Gasteiger partial charge < -0.3 is 10.2 Å². The van der Waals surface area contributed by atoms with Gasteiger partial charge in [-0.15, -0.1) is 22.7 Å². The first-order valence-corrected chi connectivity index (χ1v) is 8.64. The molecule has 0 spiro atoms. The molecule has 20 heavy (non-hydrogen) atoms. The van der Waals surface area contributed by atoms with E-state index < -0.39 is 0 Å². The maximum Gasteiger partial charge on any atom is 0.185 e. The maximum atomic E-state index is 4.58. The molecule has 0 saturated carbocycles. The van der Waals surface area contributed by atoms with Gasteiger partial charge >= 0.3 is 0 Å². The van der Waals surface area contributed by atoms with Gasteiger partial charge in [-0.1, -0.05) is 6.07 Å². The minimum absolute atomic E-state index is 0.144. The third-order valence-electron chi connectivity index (χ3n) is 2.91. The van der Waals surface area contributed by atoms with E-state index in [9.17, 15) is 0 Å². The summed E-state index contributed by atoms with van der Waals surface area (Å²) in [6, 6.07) is 4.29. The highest BCUT2D eigenvalue weighted by Crippen LogP contribution is 2.25. The summed E-state index contributed by atoms with van der Waals surface area (Å²) in [6.45, 7) is 11.6. The lowest BCUT2D eigenvalue weighted by atomic mass is 10.1. The normalized spacial score (nSPS) is 11.8. The second-order valence-corrected chi connectivity index (χ2v) is 7.93. The zero-order valence-electron chi connectivity index (χ0n) is 12.6. The topological polar surface area (TPSA) is 28.2 Å². The number of aromatic nitrogens is 1. The van der Waals surface area contributed by atoms with E-state index in [1.165, 1.54) is 9.75 Å². The molecule has 2 heterocycles. The van der Waals surface area contributed by atoms with Gasteiger partial charge in [-0.3, -0.25) is 0 Å². The summed E-state index contributed by atoms with van der Waals surface area (Å²) in [4.78, 5) is 9.58. The van der Waals surface area contributed by atoms with Crippen molar-refractivity contribution in [2.24, 2.45) is 0 Å². The van der Waals surface area contributed by atoms with Crippen molar-refractivity contribution in [3.63, 3.8) is 0 Å². The monoisotopic (exact) mass is 309 g/mol. The van der Waals surface area contributed by atoms with E-state index >= 15 is 0 Å². The van der Waals surface area contributed by atoms with Crippen LogP contribution in [0.5, 0.6) is 0 Å². The molecule has 0 atom stereocenters. The number of anilines is 1. The lowest BCUT2D eigenvalue weighted by molar-refractivity contribution is 0.426. The Morgan fingerprint density at radius 2 is 2.10 bits per heavy atom. The molecule has 110 valence electrons. The van der Waals surface area contributed by atoms with E-state index in [4.69, 9.17) is 0 Å². The van der Waals surface area contributed by atoms with Crippen LogP contribution in [-0.4, -0.2) is 17.1 Å². The third-order valence-corrected chi connectivity index (χ3v) is 4.83. The predicted octanol–water partition coefficient (Wildman–Crippen LogP) is 4.12. The first-order chi connectivity index (χ1) is 9.48. The summed E-state index contributed by atoms with van der Waals surface area (Å²) < 4.78 is 0. The van der Waals surface area contributed by atoms with Crippen molar-refractivity contribution in [2.75, 3.05) is 11.4 Å². The van der Waals surface area contributed by atoms with Gasteiger partial charge in [0, 0.05) is 34.6 Å². The first-order valence-electron chi connectivity index (χ1n) is 6.95. The Balaban J connectivity index is 1.99. The summed E-state index contributed by atoms with van der Waals surface area (Å²) in [5.41, 5.74) is 0.144. The minimum Gasteiger partial charge on any atom is -0.343 e. The molecule has 0 saturated heterocycles. The van der Waals surface area contributed by atoms with E-state index in [-0.39, 0.29) is 5.54 Å². The van der Waals surface area contributed by atoms with E-state index in [1.807, 2.05) is 6.20 Å². The molecule has 0 aliphatic rings. The molecule has 0 fully saturated rings. The fraction of sp³-hybridized carbons (Fsp3) is 0.533. The lowest BCUT2D eigenvalue weighted by Crippen LogP contribution is -2.34. The van der Waals surface area contributed by atoms with Crippen LogP contribution in [0.1, 0.15) is 37.4 Å². The van der Waals surface area contributed by atoms with Gasteiger partial charge in [-0.2, -0.15) is 0 Å². The number of thiophene rings is 1. The Morgan fingerprint density at radius 1 is 1.30 bits per heavy atom. The van der Waals surface area contributed by atoms with Crippen molar-refractivity contribution in [2.45, 2.75) is 46.3 Å². The van der Waals surface area contributed by atoms with Crippen LogP contribution in [0.3, 0.4) is 0 Å². The van der Waals surface area contributed by atoms with Gasteiger partial charge in [0.15, 0.2) is 5.13 Å². The van der Waals surface area contributed by atoms with Crippen molar-refractivity contribution in [1.29, 1.82) is 0 Å². The van der Waals surface area contributed by atoms with Crippen LogP contribution >= 0.6 is 22.7 Å². The molecule has 2 aromatic heterocycles. The van der Waals surface area contributed by atoms with Gasteiger partial charge in [-0.05, 0) is 39.1 Å². The standard InChI is InChI=1S/C15H23N3S2/c1-5-18(11-12-7-6-8-19-12)14-16-9-13(20-14)10-17-15(2,3)4/h6-9,17H,5,10-11H2,1-4H3. The predicted molar refractivity (Wildman–Crippen MR) is 89.7 cm³/mol. The molecular weight excluding hydrogens is 286 g/mol. The Labute approximate surface area is 129 Å². The van der Waals surface area contributed by atoms with Gasteiger partial charge in [0.1, 0.15) is 0 Å². The summed E-state index contributed by atoms with van der Waals surface area (Å²) >= 11 is 3.59. The average molecular weight is 310 g/mol. The van der Waals surface area contributed by atoms with Crippen LogP contribution in [0.25, 0.3) is 0 Å². The quantitative estimate of drug-likeness (QED) is 0.870. The van der Waals surface area contributed by atoms with E-state index in [0.717, 1.165) is 24.8 Å².